The van der Waals surface area contributed by atoms with Crippen molar-refractivity contribution in [2.75, 3.05) is 0 Å². The van der Waals surface area contributed by atoms with Crippen molar-refractivity contribution in [2.45, 2.75) is 52.4 Å². The second kappa shape index (κ2) is 7.23. The van der Waals surface area contributed by atoms with Crippen LogP contribution in [0.3, 0.4) is 0 Å². The number of ether oxygens (including phenoxy) is 1. The van der Waals surface area contributed by atoms with Crippen molar-refractivity contribution in [3.8, 4) is 22.6 Å². The van der Waals surface area contributed by atoms with Gasteiger partial charge in [-0.15, -0.1) is 0 Å². The maximum atomic E-state index is 6.00. The van der Waals surface area contributed by atoms with Gasteiger partial charge in [0.25, 0.3) is 0 Å². The fourth-order valence-corrected chi connectivity index (χ4v) is 3.04. The van der Waals surface area contributed by atoms with Crippen molar-refractivity contribution in [3.63, 3.8) is 0 Å². The summed E-state index contributed by atoms with van der Waals surface area (Å²) in [6.07, 6.45) is 0. The minimum absolute atomic E-state index is 0.155. The van der Waals surface area contributed by atoms with E-state index in [-0.39, 0.29) is 10.8 Å². The highest BCUT2D eigenvalue weighted by atomic mass is 16.5. The van der Waals surface area contributed by atoms with Gasteiger partial charge < -0.3 is 4.74 Å². The molecule has 0 aliphatic carbocycles. The topological polar surface area (TPSA) is 9.23 Å². The third kappa shape index (κ3) is 4.80. The van der Waals surface area contributed by atoms with Crippen molar-refractivity contribution in [2.24, 2.45) is 0 Å². The Morgan fingerprint density at radius 1 is 0.444 bits per heavy atom. The van der Waals surface area contributed by atoms with E-state index in [2.05, 4.69) is 90.1 Å². The summed E-state index contributed by atoms with van der Waals surface area (Å²) < 4.78 is 6.00. The maximum absolute atomic E-state index is 6.00. The second-order valence-corrected chi connectivity index (χ2v) is 9.23. The molecule has 0 saturated carbocycles. The summed E-state index contributed by atoms with van der Waals surface area (Å²) in [5, 5.41) is 0. The first-order valence-corrected chi connectivity index (χ1v) is 9.62. The van der Waals surface area contributed by atoms with Crippen LogP contribution in [0.4, 0.5) is 0 Å². The summed E-state index contributed by atoms with van der Waals surface area (Å²) in [6, 6.07) is 25.5. The minimum atomic E-state index is 0.155. The lowest BCUT2D eigenvalue weighted by molar-refractivity contribution is 0.481. The summed E-state index contributed by atoms with van der Waals surface area (Å²) in [5.41, 5.74) is 5.42. The van der Waals surface area contributed by atoms with Crippen LogP contribution in [0.1, 0.15) is 52.7 Å². The standard InChI is InChI=1S/C26H30O/c1-25(2,3)21-11-7-19(8-12-21)20-9-15-23(16-10-20)27-24-17-13-22(14-18-24)26(4,5)6/h7-18H,1-6H3. The Morgan fingerprint density at radius 3 is 1.11 bits per heavy atom. The molecule has 0 amide bonds. The predicted molar refractivity (Wildman–Crippen MR) is 116 cm³/mol. The zero-order valence-corrected chi connectivity index (χ0v) is 17.3. The average Bonchev–Trinajstić information content (AvgIpc) is 2.61. The molecule has 3 aromatic carbocycles. The fraction of sp³-hybridized carbons (Fsp3) is 0.308. The summed E-state index contributed by atoms with van der Waals surface area (Å²) in [6.45, 7) is 13.4. The zero-order valence-electron chi connectivity index (χ0n) is 17.3. The lowest BCUT2D eigenvalue weighted by atomic mass is 9.86. The number of benzene rings is 3. The molecule has 0 radical (unpaired) electrons. The van der Waals surface area contributed by atoms with E-state index in [0.717, 1.165) is 11.5 Å². The van der Waals surface area contributed by atoms with E-state index in [1.807, 2.05) is 24.3 Å². The molecule has 0 spiro atoms. The van der Waals surface area contributed by atoms with Crippen molar-refractivity contribution in [1.29, 1.82) is 0 Å². The van der Waals surface area contributed by atoms with Gasteiger partial charge in [-0.05, 0) is 57.3 Å². The highest BCUT2D eigenvalue weighted by Gasteiger charge is 2.14. The number of hydrogen-bond donors (Lipinski definition) is 0. The maximum Gasteiger partial charge on any atom is 0.127 e. The fourth-order valence-electron chi connectivity index (χ4n) is 3.04. The quantitative estimate of drug-likeness (QED) is 0.465. The summed E-state index contributed by atoms with van der Waals surface area (Å²) in [5.74, 6) is 1.72. The van der Waals surface area contributed by atoms with Crippen LogP contribution in [0.25, 0.3) is 11.1 Å². The Bertz CT molecular complexity index is 871. The van der Waals surface area contributed by atoms with Gasteiger partial charge in [0.1, 0.15) is 11.5 Å². The van der Waals surface area contributed by atoms with E-state index >= 15 is 0 Å². The zero-order chi connectivity index (χ0) is 19.7. The molecule has 0 aromatic heterocycles. The third-order valence-corrected chi connectivity index (χ3v) is 4.89. The Labute approximate surface area is 164 Å². The molecule has 0 aliphatic rings. The molecule has 0 N–H and O–H groups in total. The first-order chi connectivity index (χ1) is 12.6. The van der Waals surface area contributed by atoms with Gasteiger partial charge in [-0.25, -0.2) is 0 Å². The highest BCUT2D eigenvalue weighted by molar-refractivity contribution is 5.64. The molecule has 0 heterocycles. The molecule has 140 valence electrons. The molecule has 0 bridgehead atoms. The van der Waals surface area contributed by atoms with Gasteiger partial charge in [0, 0.05) is 0 Å². The molecule has 0 aliphatic heterocycles. The predicted octanol–water partition coefficient (Wildman–Crippen LogP) is 7.74. The van der Waals surface area contributed by atoms with Crippen molar-refractivity contribution in [1.82, 2.24) is 0 Å². The van der Waals surface area contributed by atoms with Crippen molar-refractivity contribution >= 4 is 0 Å². The van der Waals surface area contributed by atoms with Gasteiger partial charge in [0.05, 0.1) is 0 Å². The molecule has 3 aromatic rings. The van der Waals surface area contributed by atoms with E-state index < -0.39 is 0 Å². The SMILES string of the molecule is CC(C)(C)c1ccc(Oc2ccc(-c3ccc(C(C)(C)C)cc3)cc2)cc1. The van der Waals surface area contributed by atoms with E-state index in [4.69, 9.17) is 4.74 Å². The van der Waals surface area contributed by atoms with Crippen LogP contribution in [-0.2, 0) is 10.8 Å². The Hall–Kier alpha value is -2.54. The van der Waals surface area contributed by atoms with Gasteiger partial charge in [0.2, 0.25) is 0 Å². The van der Waals surface area contributed by atoms with Gasteiger partial charge in [-0.3, -0.25) is 0 Å². The number of hydrogen-bond acceptors (Lipinski definition) is 1. The van der Waals surface area contributed by atoms with Crippen molar-refractivity contribution in [3.05, 3.63) is 83.9 Å². The second-order valence-electron chi connectivity index (χ2n) is 9.23. The lowest BCUT2D eigenvalue weighted by Gasteiger charge is -2.19. The largest absolute Gasteiger partial charge is 0.457 e. The van der Waals surface area contributed by atoms with E-state index in [1.54, 1.807) is 0 Å². The molecule has 1 heteroatoms. The molecule has 0 saturated heterocycles. The first-order valence-electron chi connectivity index (χ1n) is 9.62. The molecule has 1 nitrogen and oxygen atoms in total. The Morgan fingerprint density at radius 2 is 0.741 bits per heavy atom. The van der Waals surface area contributed by atoms with E-state index in [9.17, 15) is 0 Å². The molecule has 0 fully saturated rings. The summed E-state index contributed by atoms with van der Waals surface area (Å²) in [7, 11) is 0. The summed E-state index contributed by atoms with van der Waals surface area (Å²) in [4.78, 5) is 0. The molecule has 0 unspecified atom stereocenters. The molecule has 27 heavy (non-hydrogen) atoms. The van der Waals surface area contributed by atoms with Crippen LogP contribution >= 0.6 is 0 Å². The minimum Gasteiger partial charge on any atom is -0.457 e. The first kappa shape index (κ1) is 19.2. The van der Waals surface area contributed by atoms with Crippen LogP contribution in [0, 0.1) is 0 Å². The lowest BCUT2D eigenvalue weighted by Crippen LogP contribution is -2.10. The Balaban J connectivity index is 1.72. The Kier molecular flexibility index (Phi) is 5.15. The van der Waals surface area contributed by atoms with Crippen LogP contribution in [0.15, 0.2) is 72.8 Å². The molecule has 3 rings (SSSR count). The van der Waals surface area contributed by atoms with Gasteiger partial charge >= 0.3 is 0 Å². The highest BCUT2D eigenvalue weighted by Crippen LogP contribution is 2.30. The third-order valence-electron chi connectivity index (χ3n) is 4.89. The van der Waals surface area contributed by atoms with E-state index in [1.165, 1.54) is 22.3 Å². The van der Waals surface area contributed by atoms with Gasteiger partial charge in [0.15, 0.2) is 0 Å². The van der Waals surface area contributed by atoms with E-state index in [0.29, 0.717) is 0 Å². The average molecular weight is 359 g/mol. The van der Waals surface area contributed by atoms with Crippen molar-refractivity contribution < 1.29 is 4.74 Å². The normalized spacial score (nSPS) is 12.1. The van der Waals surface area contributed by atoms with Gasteiger partial charge in [-0.1, -0.05) is 90.1 Å². The smallest absolute Gasteiger partial charge is 0.127 e. The summed E-state index contributed by atoms with van der Waals surface area (Å²) >= 11 is 0. The number of rotatable bonds is 3. The monoisotopic (exact) mass is 358 g/mol. The van der Waals surface area contributed by atoms with Crippen LogP contribution in [0.5, 0.6) is 11.5 Å². The van der Waals surface area contributed by atoms with Crippen LogP contribution in [-0.4, -0.2) is 0 Å². The molecule has 0 atom stereocenters. The molecular formula is C26H30O. The van der Waals surface area contributed by atoms with Crippen LogP contribution in [0.2, 0.25) is 0 Å². The van der Waals surface area contributed by atoms with Gasteiger partial charge in [-0.2, -0.15) is 0 Å². The molecular weight excluding hydrogens is 328 g/mol. The van der Waals surface area contributed by atoms with Crippen LogP contribution < -0.4 is 4.74 Å².